The summed E-state index contributed by atoms with van der Waals surface area (Å²) in [6, 6.07) is 0. The Morgan fingerprint density at radius 1 is 1.54 bits per heavy atom. The van der Waals surface area contributed by atoms with Crippen LogP contribution in [0.4, 0.5) is 0 Å². The van der Waals surface area contributed by atoms with Crippen molar-refractivity contribution in [1.82, 2.24) is 15.3 Å². The number of aliphatic hydroxyl groups is 1. The molecule has 5 heteroatoms. The molecule has 1 aliphatic heterocycles. The Bertz CT molecular complexity index is 168. The molecular formula is C8H18N4O. The molecule has 0 aromatic rings. The van der Waals surface area contributed by atoms with Crippen LogP contribution in [0.15, 0.2) is 0 Å². The summed E-state index contributed by atoms with van der Waals surface area (Å²) in [5, 5.41) is 18.2. The number of aliphatic hydroxyl groups excluding tert-OH is 1. The normalized spacial score (nSPS) is 16.3. The zero-order valence-corrected chi connectivity index (χ0v) is 8.08. The molecular weight excluding hydrogens is 168 g/mol. The van der Waals surface area contributed by atoms with Crippen LogP contribution in [-0.2, 0) is 0 Å². The van der Waals surface area contributed by atoms with Gasteiger partial charge in [0.15, 0.2) is 0 Å². The van der Waals surface area contributed by atoms with Crippen LogP contribution in [0.2, 0.25) is 0 Å². The molecule has 0 aromatic carbocycles. The van der Waals surface area contributed by atoms with Gasteiger partial charge in [-0.1, -0.05) is 0 Å². The van der Waals surface area contributed by atoms with Gasteiger partial charge in [-0.05, 0) is 12.8 Å². The van der Waals surface area contributed by atoms with Crippen molar-refractivity contribution in [2.75, 3.05) is 33.3 Å². The minimum atomic E-state index is 0.0665. The van der Waals surface area contributed by atoms with Crippen molar-refractivity contribution in [3.8, 4) is 0 Å². The number of rotatable bonds is 3. The van der Waals surface area contributed by atoms with Crippen molar-refractivity contribution in [2.24, 2.45) is 0 Å². The molecule has 1 aliphatic rings. The van der Waals surface area contributed by atoms with Crippen LogP contribution < -0.4 is 5.43 Å². The Kier molecular flexibility index (Phi) is 3.98. The Morgan fingerprint density at radius 2 is 2.15 bits per heavy atom. The summed E-state index contributed by atoms with van der Waals surface area (Å²) < 4.78 is 0. The smallest absolute Gasteiger partial charge is 0.208 e. The summed E-state index contributed by atoms with van der Waals surface area (Å²) in [4.78, 5) is 2.02. The maximum absolute atomic E-state index is 8.76. The van der Waals surface area contributed by atoms with E-state index in [4.69, 9.17) is 10.5 Å². The lowest BCUT2D eigenvalue weighted by atomic mass is 10.4. The maximum Gasteiger partial charge on any atom is 0.208 e. The number of hydrazine groups is 1. The highest BCUT2D eigenvalue weighted by molar-refractivity contribution is 5.76. The largest absolute Gasteiger partial charge is 0.394 e. The van der Waals surface area contributed by atoms with Gasteiger partial charge in [0.1, 0.15) is 0 Å². The minimum absolute atomic E-state index is 0.0665. The average molecular weight is 186 g/mol. The molecule has 0 unspecified atom stereocenters. The molecule has 1 fully saturated rings. The van der Waals surface area contributed by atoms with Crippen LogP contribution in [0.25, 0.3) is 0 Å². The van der Waals surface area contributed by atoms with Gasteiger partial charge in [-0.25, -0.2) is 5.43 Å². The molecule has 3 N–H and O–H groups in total. The first-order chi connectivity index (χ1) is 6.29. The topological polar surface area (TPSA) is 62.6 Å². The fourth-order valence-corrected chi connectivity index (χ4v) is 1.52. The number of nitrogens with one attached hydrogen (secondary N) is 2. The minimum Gasteiger partial charge on any atom is -0.394 e. The number of hydrogen-bond acceptors (Lipinski definition) is 3. The Hall–Kier alpha value is -0.810. The fraction of sp³-hybridized carbons (Fsp3) is 0.875. The van der Waals surface area contributed by atoms with Gasteiger partial charge >= 0.3 is 0 Å². The number of nitrogens with zero attached hydrogens (tertiary/aromatic N) is 2. The van der Waals surface area contributed by atoms with Gasteiger partial charge in [-0.15, -0.1) is 0 Å². The maximum atomic E-state index is 8.76. The van der Waals surface area contributed by atoms with Crippen LogP contribution in [-0.4, -0.2) is 54.3 Å². The van der Waals surface area contributed by atoms with Crippen LogP contribution >= 0.6 is 0 Å². The monoisotopic (exact) mass is 186 g/mol. The second-order valence-electron chi connectivity index (χ2n) is 3.12. The van der Waals surface area contributed by atoms with E-state index >= 15 is 0 Å². The summed E-state index contributed by atoms with van der Waals surface area (Å²) in [5.41, 5.74) is 2.89. The Morgan fingerprint density at radius 3 is 2.62 bits per heavy atom. The molecule has 0 bridgehead atoms. The van der Waals surface area contributed by atoms with E-state index in [-0.39, 0.29) is 6.61 Å². The molecule has 0 spiro atoms. The first kappa shape index (κ1) is 10.3. The second-order valence-corrected chi connectivity index (χ2v) is 3.12. The van der Waals surface area contributed by atoms with Crippen molar-refractivity contribution in [2.45, 2.75) is 12.8 Å². The van der Waals surface area contributed by atoms with Crippen molar-refractivity contribution in [1.29, 1.82) is 5.41 Å². The predicted octanol–water partition coefficient (Wildman–Crippen LogP) is -0.554. The van der Waals surface area contributed by atoms with Gasteiger partial charge < -0.3 is 10.0 Å². The van der Waals surface area contributed by atoms with Crippen LogP contribution in [0.1, 0.15) is 12.8 Å². The van der Waals surface area contributed by atoms with E-state index in [1.165, 1.54) is 12.8 Å². The van der Waals surface area contributed by atoms with Gasteiger partial charge in [0.25, 0.3) is 0 Å². The standard InChI is InChI=1S/C8H18N4O/c1-10-12(6-7-13)8(9)11-4-2-3-5-11/h9-10,13H,2-7H2,1H3. The highest BCUT2D eigenvalue weighted by Crippen LogP contribution is 2.08. The molecule has 0 amide bonds. The quantitative estimate of drug-likeness (QED) is 0.314. The molecule has 0 saturated carbocycles. The number of hydrogen-bond donors (Lipinski definition) is 3. The van der Waals surface area contributed by atoms with Gasteiger partial charge in [0, 0.05) is 20.1 Å². The molecule has 1 rings (SSSR count). The third-order valence-electron chi connectivity index (χ3n) is 2.25. The van der Waals surface area contributed by atoms with E-state index in [9.17, 15) is 0 Å². The van der Waals surface area contributed by atoms with Gasteiger partial charge in [-0.2, -0.15) is 0 Å². The van der Waals surface area contributed by atoms with Gasteiger partial charge in [-0.3, -0.25) is 10.4 Å². The summed E-state index contributed by atoms with van der Waals surface area (Å²) in [6.07, 6.45) is 2.33. The van der Waals surface area contributed by atoms with Gasteiger partial charge in [0.2, 0.25) is 5.96 Å². The molecule has 0 atom stereocenters. The van der Waals surface area contributed by atoms with Crippen molar-refractivity contribution < 1.29 is 5.11 Å². The van der Waals surface area contributed by atoms with Crippen molar-refractivity contribution in [3.05, 3.63) is 0 Å². The molecule has 13 heavy (non-hydrogen) atoms. The third kappa shape index (κ3) is 2.57. The van der Waals surface area contributed by atoms with E-state index in [0.717, 1.165) is 13.1 Å². The second kappa shape index (κ2) is 5.04. The molecule has 5 nitrogen and oxygen atoms in total. The van der Waals surface area contributed by atoms with E-state index in [0.29, 0.717) is 12.5 Å². The highest BCUT2D eigenvalue weighted by atomic mass is 16.3. The van der Waals surface area contributed by atoms with E-state index < -0.39 is 0 Å². The van der Waals surface area contributed by atoms with Crippen molar-refractivity contribution in [3.63, 3.8) is 0 Å². The number of guanidine groups is 1. The first-order valence-electron chi connectivity index (χ1n) is 4.69. The first-order valence-corrected chi connectivity index (χ1v) is 4.69. The van der Waals surface area contributed by atoms with Gasteiger partial charge in [0.05, 0.1) is 13.2 Å². The average Bonchev–Trinajstić information content (AvgIpc) is 2.65. The third-order valence-corrected chi connectivity index (χ3v) is 2.25. The molecule has 0 radical (unpaired) electrons. The predicted molar refractivity (Wildman–Crippen MR) is 51.4 cm³/mol. The molecule has 0 aliphatic carbocycles. The highest BCUT2D eigenvalue weighted by Gasteiger charge is 2.18. The summed E-state index contributed by atoms with van der Waals surface area (Å²) in [5.74, 6) is 0.467. The zero-order valence-electron chi connectivity index (χ0n) is 8.08. The molecule has 1 saturated heterocycles. The zero-order chi connectivity index (χ0) is 9.68. The molecule has 76 valence electrons. The molecule has 1 heterocycles. The summed E-state index contributed by atoms with van der Waals surface area (Å²) in [7, 11) is 1.76. The van der Waals surface area contributed by atoms with Crippen LogP contribution in [0.3, 0.4) is 0 Å². The van der Waals surface area contributed by atoms with E-state index in [2.05, 4.69) is 5.43 Å². The lowest BCUT2D eigenvalue weighted by molar-refractivity contribution is 0.206. The molecule has 0 aromatic heterocycles. The van der Waals surface area contributed by atoms with Crippen LogP contribution in [0.5, 0.6) is 0 Å². The van der Waals surface area contributed by atoms with Crippen molar-refractivity contribution >= 4 is 5.96 Å². The van der Waals surface area contributed by atoms with E-state index in [1.54, 1.807) is 12.1 Å². The number of likely N-dealkylation sites (tertiary alicyclic amines) is 1. The van der Waals surface area contributed by atoms with E-state index in [1.807, 2.05) is 4.90 Å². The summed E-state index contributed by atoms with van der Waals surface area (Å²) >= 11 is 0. The Labute approximate surface area is 78.8 Å². The lowest BCUT2D eigenvalue weighted by Crippen LogP contribution is -2.49. The SMILES string of the molecule is CNN(CCO)C(=N)N1CCCC1. The Balaban J connectivity index is 2.42. The van der Waals surface area contributed by atoms with Crippen LogP contribution in [0, 0.1) is 5.41 Å². The summed E-state index contributed by atoms with van der Waals surface area (Å²) in [6.45, 7) is 2.45. The fourth-order valence-electron chi connectivity index (χ4n) is 1.52. The lowest BCUT2D eigenvalue weighted by Gasteiger charge is -2.29.